The molecule has 30 heavy (non-hydrogen) atoms. The van der Waals surface area contributed by atoms with Gasteiger partial charge in [-0.1, -0.05) is 60.7 Å². The van der Waals surface area contributed by atoms with Gasteiger partial charge in [0.1, 0.15) is 6.54 Å². The van der Waals surface area contributed by atoms with E-state index in [1.165, 1.54) is 16.0 Å². The summed E-state index contributed by atoms with van der Waals surface area (Å²) in [5.41, 5.74) is 2.45. The average Bonchev–Trinajstić information content (AvgIpc) is 3.36. The Labute approximate surface area is 176 Å². The van der Waals surface area contributed by atoms with Gasteiger partial charge in [-0.15, -0.1) is 0 Å². The van der Waals surface area contributed by atoms with Crippen LogP contribution in [-0.2, 0) is 9.59 Å². The number of carbonyl (C=O) groups excluding carboxylic acids is 3. The van der Waals surface area contributed by atoms with Gasteiger partial charge in [0.15, 0.2) is 0 Å². The third kappa shape index (κ3) is 4.37. The second-order valence-corrected chi connectivity index (χ2v) is 7.97. The first-order valence-electron chi connectivity index (χ1n) is 10.6. The van der Waals surface area contributed by atoms with E-state index in [0.717, 1.165) is 19.4 Å². The summed E-state index contributed by atoms with van der Waals surface area (Å²) in [7, 11) is 0. The molecule has 1 N–H and O–H groups in total. The molecule has 2 heterocycles. The van der Waals surface area contributed by atoms with Crippen molar-refractivity contribution < 1.29 is 14.4 Å². The lowest BCUT2D eigenvalue weighted by Crippen LogP contribution is -2.40. The third-order valence-corrected chi connectivity index (χ3v) is 6.01. The fourth-order valence-electron chi connectivity index (χ4n) is 4.63. The highest BCUT2D eigenvalue weighted by Crippen LogP contribution is 2.36. The minimum atomic E-state index is -0.361. The lowest BCUT2D eigenvalue weighted by Gasteiger charge is -2.33. The number of nitrogens with one attached hydrogen (secondary N) is 1. The van der Waals surface area contributed by atoms with Crippen molar-refractivity contribution in [2.24, 2.45) is 0 Å². The Hall–Kier alpha value is -3.15. The highest BCUT2D eigenvalue weighted by Gasteiger charge is 2.36. The Kier molecular flexibility index (Phi) is 6.12. The smallest absolute Gasteiger partial charge is 0.324 e. The van der Waals surface area contributed by atoms with E-state index in [4.69, 9.17) is 0 Å². The molecule has 2 aromatic rings. The maximum Gasteiger partial charge on any atom is 0.324 e. The number of urea groups is 1. The molecule has 0 saturated carbocycles. The van der Waals surface area contributed by atoms with E-state index in [-0.39, 0.29) is 36.3 Å². The first-order chi connectivity index (χ1) is 14.6. The summed E-state index contributed by atoms with van der Waals surface area (Å²) in [5.74, 6) is -0.0133. The topological polar surface area (TPSA) is 69.7 Å². The highest BCUT2D eigenvalue weighted by molar-refractivity contribution is 6.01. The summed E-state index contributed by atoms with van der Waals surface area (Å²) in [4.78, 5) is 39.6. The predicted molar refractivity (Wildman–Crippen MR) is 114 cm³/mol. The van der Waals surface area contributed by atoms with Crippen LogP contribution in [0.5, 0.6) is 0 Å². The Balaban J connectivity index is 1.46. The van der Waals surface area contributed by atoms with Gasteiger partial charge in [-0.05, 0) is 30.4 Å². The van der Waals surface area contributed by atoms with Crippen LogP contribution in [0.1, 0.15) is 42.7 Å². The lowest BCUT2D eigenvalue weighted by molar-refractivity contribution is -0.132. The maximum absolute atomic E-state index is 13.1. The highest BCUT2D eigenvalue weighted by atomic mass is 16.2. The fraction of sp³-hybridized carbons (Fsp3) is 0.375. The molecule has 0 bridgehead atoms. The second-order valence-electron chi connectivity index (χ2n) is 7.97. The van der Waals surface area contributed by atoms with Crippen LogP contribution < -0.4 is 5.32 Å². The van der Waals surface area contributed by atoms with Crippen LogP contribution >= 0.6 is 0 Å². The van der Waals surface area contributed by atoms with E-state index in [9.17, 15) is 14.4 Å². The molecule has 4 rings (SSSR count). The van der Waals surface area contributed by atoms with Crippen molar-refractivity contribution >= 4 is 17.8 Å². The number of amides is 4. The van der Waals surface area contributed by atoms with Crippen LogP contribution in [-0.4, -0.2) is 53.3 Å². The van der Waals surface area contributed by atoms with Crippen molar-refractivity contribution in [1.82, 2.24) is 15.1 Å². The quantitative estimate of drug-likeness (QED) is 0.720. The van der Waals surface area contributed by atoms with E-state index >= 15 is 0 Å². The van der Waals surface area contributed by atoms with Crippen LogP contribution in [0.4, 0.5) is 4.79 Å². The molecule has 0 aliphatic carbocycles. The standard InChI is InChI=1S/C24H27N3O3/c28-21-17-26(24(30)25-21)15-8-14-22(29)27-16-7-13-20(27)23(18-9-3-1-4-10-18)19-11-5-2-6-12-19/h1-6,9-12,20,23H,7-8,13-17H2,(H,25,28,30). The van der Waals surface area contributed by atoms with Gasteiger partial charge in [-0.2, -0.15) is 0 Å². The molecule has 1 atom stereocenters. The van der Waals surface area contributed by atoms with Gasteiger partial charge in [0, 0.05) is 31.5 Å². The monoisotopic (exact) mass is 405 g/mol. The molecule has 6 heteroatoms. The van der Waals surface area contributed by atoms with Crippen LogP contribution in [0.25, 0.3) is 0 Å². The van der Waals surface area contributed by atoms with Gasteiger partial charge in [0.25, 0.3) is 0 Å². The average molecular weight is 405 g/mol. The number of likely N-dealkylation sites (tertiary alicyclic amines) is 1. The van der Waals surface area contributed by atoms with Crippen LogP contribution in [0.15, 0.2) is 60.7 Å². The zero-order valence-corrected chi connectivity index (χ0v) is 17.0. The minimum absolute atomic E-state index is 0.0868. The minimum Gasteiger partial charge on any atom is -0.339 e. The van der Waals surface area contributed by atoms with E-state index in [0.29, 0.717) is 19.4 Å². The van der Waals surface area contributed by atoms with Gasteiger partial charge in [0.2, 0.25) is 11.8 Å². The Morgan fingerprint density at radius 1 is 1.00 bits per heavy atom. The SMILES string of the molecule is O=C1CN(CCCC(=O)N2CCCC2C(c2ccccc2)c2ccccc2)C(=O)N1. The number of benzene rings is 2. The predicted octanol–water partition coefficient (Wildman–Crippen LogP) is 3.14. The van der Waals surface area contributed by atoms with Gasteiger partial charge in [-0.25, -0.2) is 4.79 Å². The van der Waals surface area contributed by atoms with Crippen LogP contribution in [0, 0.1) is 0 Å². The van der Waals surface area contributed by atoms with Crippen molar-refractivity contribution in [3.05, 3.63) is 71.8 Å². The molecule has 2 aromatic carbocycles. The first-order valence-corrected chi connectivity index (χ1v) is 10.6. The van der Waals surface area contributed by atoms with E-state index in [2.05, 4.69) is 53.8 Å². The molecule has 0 radical (unpaired) electrons. The van der Waals surface area contributed by atoms with E-state index in [1.54, 1.807) is 0 Å². The summed E-state index contributed by atoms with van der Waals surface area (Å²) in [6.45, 7) is 1.27. The normalized spacial score (nSPS) is 18.9. The molecule has 2 aliphatic rings. The van der Waals surface area contributed by atoms with Crippen molar-refractivity contribution in [2.45, 2.75) is 37.6 Å². The summed E-state index contributed by atoms with van der Waals surface area (Å²) in [6, 6.07) is 20.6. The van der Waals surface area contributed by atoms with E-state index in [1.807, 2.05) is 17.0 Å². The molecule has 2 aliphatic heterocycles. The Morgan fingerprint density at radius 2 is 1.63 bits per heavy atom. The molecule has 0 aromatic heterocycles. The summed E-state index contributed by atoms with van der Waals surface area (Å²) < 4.78 is 0. The van der Waals surface area contributed by atoms with Gasteiger partial charge >= 0.3 is 6.03 Å². The Morgan fingerprint density at radius 3 is 2.20 bits per heavy atom. The number of rotatable bonds is 7. The summed E-state index contributed by atoms with van der Waals surface area (Å²) >= 11 is 0. The number of carbonyl (C=O) groups is 3. The zero-order chi connectivity index (χ0) is 20.9. The molecular weight excluding hydrogens is 378 g/mol. The first kappa shape index (κ1) is 20.1. The molecule has 4 amide bonds. The van der Waals surface area contributed by atoms with Crippen LogP contribution in [0.2, 0.25) is 0 Å². The summed E-state index contributed by atoms with van der Waals surface area (Å²) in [6.07, 6.45) is 2.91. The van der Waals surface area contributed by atoms with Crippen LogP contribution in [0.3, 0.4) is 0 Å². The molecule has 2 fully saturated rings. The molecular formula is C24H27N3O3. The molecule has 156 valence electrons. The van der Waals surface area contributed by atoms with Gasteiger partial charge in [-0.3, -0.25) is 14.9 Å². The number of nitrogens with zero attached hydrogens (tertiary/aromatic N) is 2. The van der Waals surface area contributed by atoms with Crippen molar-refractivity contribution in [1.29, 1.82) is 0 Å². The van der Waals surface area contributed by atoms with Gasteiger partial charge in [0.05, 0.1) is 0 Å². The summed E-state index contributed by atoms with van der Waals surface area (Å²) in [5, 5.41) is 2.27. The molecule has 2 saturated heterocycles. The molecule has 6 nitrogen and oxygen atoms in total. The number of imide groups is 1. The zero-order valence-electron chi connectivity index (χ0n) is 17.0. The van der Waals surface area contributed by atoms with Crippen molar-refractivity contribution in [3.8, 4) is 0 Å². The van der Waals surface area contributed by atoms with Gasteiger partial charge < -0.3 is 9.80 Å². The lowest BCUT2D eigenvalue weighted by atomic mass is 9.84. The third-order valence-electron chi connectivity index (χ3n) is 6.01. The number of hydrogen-bond donors (Lipinski definition) is 1. The largest absolute Gasteiger partial charge is 0.339 e. The molecule has 0 spiro atoms. The second kappa shape index (κ2) is 9.11. The van der Waals surface area contributed by atoms with E-state index < -0.39 is 0 Å². The molecule has 1 unspecified atom stereocenters. The number of hydrogen-bond acceptors (Lipinski definition) is 3. The van der Waals surface area contributed by atoms with Crippen molar-refractivity contribution in [3.63, 3.8) is 0 Å². The maximum atomic E-state index is 13.1. The Bertz CT molecular complexity index is 861. The van der Waals surface area contributed by atoms with Crippen molar-refractivity contribution in [2.75, 3.05) is 19.6 Å². The fourth-order valence-corrected chi connectivity index (χ4v) is 4.63.